The molecule has 1 heterocycles. The average molecular weight is 271 g/mol. The SMILES string of the molecule is COC(=O)[C@H](Cc1cc(CCl)ccn1)NC(C)=O. The zero-order chi connectivity index (χ0) is 13.5. The second-order valence-corrected chi connectivity index (χ2v) is 4.04. The van der Waals surface area contributed by atoms with Gasteiger partial charge in [0.15, 0.2) is 0 Å². The first-order valence-electron chi connectivity index (χ1n) is 5.41. The number of pyridine rings is 1. The number of carbonyl (C=O) groups is 2. The maximum Gasteiger partial charge on any atom is 0.328 e. The fourth-order valence-electron chi connectivity index (χ4n) is 1.51. The summed E-state index contributed by atoms with van der Waals surface area (Å²) in [6, 6.07) is 2.86. The number of esters is 1. The molecule has 0 aliphatic carbocycles. The van der Waals surface area contributed by atoms with Crippen LogP contribution in [0.25, 0.3) is 0 Å². The normalized spacial score (nSPS) is 11.7. The monoisotopic (exact) mass is 270 g/mol. The second-order valence-electron chi connectivity index (χ2n) is 3.77. The summed E-state index contributed by atoms with van der Waals surface area (Å²) in [7, 11) is 1.28. The Morgan fingerprint density at radius 2 is 2.28 bits per heavy atom. The van der Waals surface area contributed by atoms with Crippen LogP contribution in [0.5, 0.6) is 0 Å². The summed E-state index contributed by atoms with van der Waals surface area (Å²) in [6.45, 7) is 1.35. The van der Waals surface area contributed by atoms with Crippen LogP contribution in [0.3, 0.4) is 0 Å². The highest BCUT2D eigenvalue weighted by Gasteiger charge is 2.21. The number of hydrogen-bond donors (Lipinski definition) is 1. The molecule has 98 valence electrons. The predicted molar refractivity (Wildman–Crippen MR) is 67.1 cm³/mol. The molecule has 18 heavy (non-hydrogen) atoms. The van der Waals surface area contributed by atoms with E-state index in [0.29, 0.717) is 11.6 Å². The average Bonchev–Trinajstić information content (AvgIpc) is 2.36. The van der Waals surface area contributed by atoms with Crippen molar-refractivity contribution in [1.29, 1.82) is 0 Å². The molecule has 1 amide bonds. The molecule has 0 fully saturated rings. The van der Waals surface area contributed by atoms with Crippen LogP contribution in [-0.4, -0.2) is 30.0 Å². The Hall–Kier alpha value is -1.62. The topological polar surface area (TPSA) is 68.3 Å². The Morgan fingerprint density at radius 3 is 2.83 bits per heavy atom. The van der Waals surface area contributed by atoms with Crippen molar-refractivity contribution in [1.82, 2.24) is 10.3 Å². The second kappa shape index (κ2) is 6.96. The van der Waals surface area contributed by atoms with Crippen LogP contribution in [0.4, 0.5) is 0 Å². The first kappa shape index (κ1) is 14.4. The molecule has 0 aliphatic rings. The fraction of sp³-hybridized carbons (Fsp3) is 0.417. The van der Waals surface area contributed by atoms with Crippen LogP contribution in [-0.2, 0) is 26.6 Å². The van der Waals surface area contributed by atoms with E-state index in [2.05, 4.69) is 15.0 Å². The number of methoxy groups -OCH3 is 1. The Labute approximate surface area is 110 Å². The molecule has 0 aromatic carbocycles. The van der Waals surface area contributed by atoms with Gasteiger partial charge in [0.1, 0.15) is 6.04 Å². The lowest BCUT2D eigenvalue weighted by Gasteiger charge is -2.15. The third kappa shape index (κ3) is 4.33. The van der Waals surface area contributed by atoms with Crippen molar-refractivity contribution in [2.24, 2.45) is 0 Å². The minimum atomic E-state index is -0.731. The van der Waals surface area contributed by atoms with Gasteiger partial charge in [-0.3, -0.25) is 9.78 Å². The van der Waals surface area contributed by atoms with Gasteiger partial charge in [-0.15, -0.1) is 11.6 Å². The molecule has 0 saturated heterocycles. The maximum absolute atomic E-state index is 11.5. The maximum atomic E-state index is 11.5. The van der Waals surface area contributed by atoms with E-state index < -0.39 is 12.0 Å². The first-order valence-corrected chi connectivity index (χ1v) is 5.95. The van der Waals surface area contributed by atoms with E-state index in [1.165, 1.54) is 14.0 Å². The zero-order valence-corrected chi connectivity index (χ0v) is 11.0. The van der Waals surface area contributed by atoms with Crippen LogP contribution in [0.1, 0.15) is 18.2 Å². The Morgan fingerprint density at radius 1 is 1.56 bits per heavy atom. The van der Waals surface area contributed by atoms with Crippen molar-refractivity contribution in [2.45, 2.75) is 25.3 Å². The third-order valence-electron chi connectivity index (χ3n) is 2.31. The Kier molecular flexibility index (Phi) is 5.58. The van der Waals surface area contributed by atoms with Crippen molar-refractivity contribution in [3.63, 3.8) is 0 Å². The van der Waals surface area contributed by atoms with Crippen LogP contribution < -0.4 is 5.32 Å². The molecule has 1 N–H and O–H groups in total. The number of rotatable bonds is 5. The predicted octanol–water partition coefficient (Wildman–Crippen LogP) is 1.04. The number of alkyl halides is 1. The van der Waals surface area contributed by atoms with Crippen molar-refractivity contribution < 1.29 is 14.3 Å². The zero-order valence-electron chi connectivity index (χ0n) is 10.3. The van der Waals surface area contributed by atoms with Crippen LogP contribution in [0, 0.1) is 0 Å². The minimum absolute atomic E-state index is 0.275. The van der Waals surface area contributed by atoms with E-state index >= 15 is 0 Å². The van der Waals surface area contributed by atoms with Crippen molar-refractivity contribution in [3.8, 4) is 0 Å². The molecule has 0 spiro atoms. The highest BCUT2D eigenvalue weighted by molar-refractivity contribution is 6.17. The number of hydrogen-bond acceptors (Lipinski definition) is 4. The molecule has 1 aromatic rings. The van der Waals surface area contributed by atoms with E-state index in [9.17, 15) is 9.59 Å². The van der Waals surface area contributed by atoms with E-state index in [1.54, 1.807) is 18.3 Å². The van der Waals surface area contributed by atoms with E-state index in [4.69, 9.17) is 11.6 Å². The summed E-state index contributed by atoms with van der Waals surface area (Å²) < 4.78 is 4.63. The Balaban J connectivity index is 2.81. The molecule has 6 heteroatoms. The van der Waals surface area contributed by atoms with Gasteiger partial charge in [-0.05, 0) is 17.7 Å². The lowest BCUT2D eigenvalue weighted by Crippen LogP contribution is -2.42. The van der Waals surface area contributed by atoms with E-state index in [1.807, 2.05) is 0 Å². The highest BCUT2D eigenvalue weighted by atomic mass is 35.5. The summed E-state index contributed by atoms with van der Waals surface area (Å²) in [4.78, 5) is 26.7. The number of nitrogens with one attached hydrogen (secondary N) is 1. The van der Waals surface area contributed by atoms with Gasteiger partial charge < -0.3 is 10.1 Å². The number of aromatic nitrogens is 1. The lowest BCUT2D eigenvalue weighted by molar-refractivity contribution is -0.144. The van der Waals surface area contributed by atoms with Crippen molar-refractivity contribution in [3.05, 3.63) is 29.6 Å². The molecular weight excluding hydrogens is 256 g/mol. The molecule has 1 atom stereocenters. The van der Waals surface area contributed by atoms with Gasteiger partial charge in [0.25, 0.3) is 0 Å². The highest BCUT2D eigenvalue weighted by Crippen LogP contribution is 2.08. The lowest BCUT2D eigenvalue weighted by atomic mass is 10.1. The van der Waals surface area contributed by atoms with Crippen molar-refractivity contribution in [2.75, 3.05) is 7.11 Å². The molecule has 0 radical (unpaired) electrons. The van der Waals surface area contributed by atoms with E-state index in [-0.39, 0.29) is 12.3 Å². The Bertz CT molecular complexity index is 437. The van der Waals surface area contributed by atoms with Gasteiger partial charge in [-0.1, -0.05) is 0 Å². The summed E-state index contributed by atoms with van der Waals surface area (Å²) in [5.41, 5.74) is 1.59. The summed E-state index contributed by atoms with van der Waals surface area (Å²) in [6.07, 6.45) is 1.89. The molecule has 0 bridgehead atoms. The number of carbonyl (C=O) groups excluding carboxylic acids is 2. The van der Waals surface area contributed by atoms with Gasteiger partial charge in [0.2, 0.25) is 5.91 Å². The van der Waals surface area contributed by atoms with Gasteiger partial charge in [0, 0.05) is 31.1 Å². The fourth-order valence-corrected chi connectivity index (χ4v) is 1.68. The van der Waals surface area contributed by atoms with E-state index in [0.717, 1.165) is 5.56 Å². The number of nitrogens with zero attached hydrogens (tertiary/aromatic N) is 1. The summed E-state index contributed by atoms with van der Waals surface area (Å²) in [5, 5.41) is 2.53. The van der Waals surface area contributed by atoms with Gasteiger partial charge in [-0.2, -0.15) is 0 Å². The molecule has 1 rings (SSSR count). The van der Waals surface area contributed by atoms with Gasteiger partial charge in [0.05, 0.1) is 7.11 Å². The van der Waals surface area contributed by atoms with Crippen LogP contribution >= 0.6 is 11.6 Å². The standard InChI is InChI=1S/C12H15ClN2O3/c1-8(16)15-11(12(17)18-2)6-10-5-9(7-13)3-4-14-10/h3-5,11H,6-7H2,1-2H3,(H,15,16)/t11-/m0/s1. The first-order chi connectivity index (χ1) is 8.56. The van der Waals surface area contributed by atoms with Crippen LogP contribution in [0.2, 0.25) is 0 Å². The molecule has 0 unspecified atom stereocenters. The molecule has 0 saturated carbocycles. The largest absolute Gasteiger partial charge is 0.467 e. The van der Waals surface area contributed by atoms with Crippen molar-refractivity contribution >= 4 is 23.5 Å². The third-order valence-corrected chi connectivity index (χ3v) is 2.62. The smallest absolute Gasteiger partial charge is 0.328 e. The number of halogens is 1. The molecular formula is C12H15ClN2O3. The number of ether oxygens (including phenoxy) is 1. The number of amides is 1. The summed E-state index contributed by atoms with van der Waals surface area (Å²) >= 11 is 5.72. The molecule has 1 aromatic heterocycles. The van der Waals surface area contributed by atoms with Crippen LogP contribution in [0.15, 0.2) is 18.3 Å². The van der Waals surface area contributed by atoms with Gasteiger partial charge >= 0.3 is 5.97 Å². The minimum Gasteiger partial charge on any atom is -0.467 e. The quantitative estimate of drug-likeness (QED) is 0.641. The molecule has 5 nitrogen and oxygen atoms in total. The molecule has 0 aliphatic heterocycles. The summed E-state index contributed by atoms with van der Waals surface area (Å²) in [5.74, 6) is -0.416. The van der Waals surface area contributed by atoms with Gasteiger partial charge in [-0.25, -0.2) is 4.79 Å².